The number of carbonyl (C=O) groups excluding carboxylic acids is 3. The fourth-order valence-electron chi connectivity index (χ4n) is 4.06. The highest BCUT2D eigenvalue weighted by Gasteiger charge is 2.40. The van der Waals surface area contributed by atoms with Crippen molar-refractivity contribution in [2.75, 3.05) is 4.90 Å². The van der Waals surface area contributed by atoms with Crippen LogP contribution in [0.5, 0.6) is 5.75 Å². The predicted molar refractivity (Wildman–Crippen MR) is 110 cm³/mol. The normalized spacial score (nSPS) is 17.5. The molecule has 1 atom stereocenters. The molecule has 2 N–H and O–H groups in total. The summed E-state index contributed by atoms with van der Waals surface area (Å²) in [4.78, 5) is 50.1. The molecule has 4 amide bonds. The van der Waals surface area contributed by atoms with E-state index in [1.165, 1.54) is 6.07 Å². The van der Waals surface area contributed by atoms with E-state index in [1.54, 1.807) is 0 Å². The number of benzene rings is 2. The van der Waals surface area contributed by atoms with Gasteiger partial charge >= 0.3 is 12.7 Å². The topological polar surface area (TPSA) is 116 Å². The first-order valence-electron chi connectivity index (χ1n) is 10.3. The van der Waals surface area contributed by atoms with Gasteiger partial charge < -0.3 is 14.7 Å². The van der Waals surface area contributed by atoms with Crippen LogP contribution in [-0.4, -0.2) is 46.5 Å². The summed E-state index contributed by atoms with van der Waals surface area (Å²) in [6.45, 7) is -4.06. The molecule has 2 aromatic rings. The maximum Gasteiger partial charge on any atom is 0.412 e. The largest absolute Gasteiger partial charge is 0.465 e. The third kappa shape index (κ3) is 4.74. The lowest BCUT2D eigenvalue weighted by atomic mass is 10.0. The number of nitrogens with one attached hydrogen (secondary N) is 1. The van der Waals surface area contributed by atoms with Gasteiger partial charge in [-0.25, -0.2) is 13.6 Å². The lowest BCUT2D eigenvalue weighted by molar-refractivity contribution is -0.136. The monoisotopic (exact) mass is 495 g/mol. The highest BCUT2D eigenvalue weighted by Crippen LogP contribution is 2.32. The molecule has 35 heavy (non-hydrogen) atoms. The summed E-state index contributed by atoms with van der Waals surface area (Å²) in [6, 6.07) is 3.83. The van der Waals surface area contributed by atoms with Gasteiger partial charge in [-0.05, 0) is 36.2 Å². The minimum absolute atomic E-state index is 0.0136. The molecular formula is C22H17F4N3O6. The summed E-state index contributed by atoms with van der Waals surface area (Å²) in [5, 5.41) is 11.7. The molecular weight excluding hydrogens is 478 g/mol. The van der Waals surface area contributed by atoms with Crippen molar-refractivity contribution in [3.8, 4) is 5.75 Å². The molecule has 2 aliphatic heterocycles. The Morgan fingerprint density at radius 3 is 2.57 bits per heavy atom. The van der Waals surface area contributed by atoms with Crippen LogP contribution in [0.3, 0.4) is 0 Å². The van der Waals surface area contributed by atoms with E-state index < -0.39 is 60.4 Å². The Balaban J connectivity index is 1.61. The number of anilines is 1. The van der Waals surface area contributed by atoms with Gasteiger partial charge in [0.15, 0.2) is 11.6 Å². The summed E-state index contributed by atoms with van der Waals surface area (Å²) in [7, 11) is 0. The van der Waals surface area contributed by atoms with E-state index in [-0.39, 0.29) is 41.8 Å². The molecule has 13 heteroatoms. The molecule has 1 fully saturated rings. The number of hydrogen-bond donors (Lipinski definition) is 2. The number of rotatable bonds is 6. The van der Waals surface area contributed by atoms with Crippen molar-refractivity contribution < 1.29 is 46.6 Å². The van der Waals surface area contributed by atoms with Crippen molar-refractivity contribution in [1.29, 1.82) is 0 Å². The zero-order valence-corrected chi connectivity index (χ0v) is 17.8. The third-order valence-electron chi connectivity index (χ3n) is 5.68. The summed E-state index contributed by atoms with van der Waals surface area (Å²) in [6.07, 6.45) is -1.46. The molecule has 184 valence electrons. The lowest BCUT2D eigenvalue weighted by Crippen LogP contribution is -2.52. The van der Waals surface area contributed by atoms with Gasteiger partial charge in [-0.15, -0.1) is 0 Å². The van der Waals surface area contributed by atoms with Crippen molar-refractivity contribution in [1.82, 2.24) is 10.2 Å². The molecule has 0 aromatic heterocycles. The van der Waals surface area contributed by atoms with Crippen molar-refractivity contribution in [2.45, 2.75) is 38.6 Å². The summed E-state index contributed by atoms with van der Waals surface area (Å²) in [5.41, 5.74) is -0.245. The Morgan fingerprint density at radius 2 is 1.91 bits per heavy atom. The maximum atomic E-state index is 14.9. The Morgan fingerprint density at radius 1 is 1.17 bits per heavy atom. The first-order chi connectivity index (χ1) is 16.5. The Bertz CT molecular complexity index is 1240. The van der Waals surface area contributed by atoms with Gasteiger partial charge in [0.1, 0.15) is 11.9 Å². The second-order valence-corrected chi connectivity index (χ2v) is 7.87. The zero-order valence-electron chi connectivity index (χ0n) is 17.8. The molecule has 9 nitrogen and oxygen atoms in total. The molecule has 4 rings (SSSR count). The van der Waals surface area contributed by atoms with E-state index >= 15 is 0 Å². The molecule has 2 aliphatic rings. The number of ether oxygens (including phenoxy) is 1. The molecule has 1 saturated heterocycles. The van der Waals surface area contributed by atoms with E-state index in [0.717, 1.165) is 29.2 Å². The van der Waals surface area contributed by atoms with Crippen molar-refractivity contribution in [3.05, 3.63) is 58.7 Å². The van der Waals surface area contributed by atoms with Crippen LogP contribution in [-0.2, 0) is 22.7 Å². The van der Waals surface area contributed by atoms with Gasteiger partial charge in [0.25, 0.3) is 5.91 Å². The number of halogens is 4. The predicted octanol–water partition coefficient (Wildman–Crippen LogP) is 3.01. The second-order valence-electron chi connectivity index (χ2n) is 7.87. The van der Waals surface area contributed by atoms with E-state index in [9.17, 15) is 41.8 Å². The van der Waals surface area contributed by atoms with Gasteiger partial charge in [-0.2, -0.15) is 8.78 Å². The average molecular weight is 495 g/mol. The number of carbonyl (C=O) groups is 4. The Hall–Kier alpha value is -4.16. The number of alkyl halides is 2. The van der Waals surface area contributed by atoms with Crippen molar-refractivity contribution >= 4 is 29.5 Å². The first-order valence-corrected chi connectivity index (χ1v) is 10.3. The minimum Gasteiger partial charge on any atom is -0.465 e. The SMILES string of the molecule is O=C1CCC(N2Cc3c(F)cc(CN(C(=O)O)c4ccc(F)c(OC(F)F)c4)cc3C2=O)C(=O)N1. The van der Waals surface area contributed by atoms with Crippen LogP contribution in [0.4, 0.5) is 28.0 Å². The second kappa shape index (κ2) is 9.24. The smallest absolute Gasteiger partial charge is 0.412 e. The third-order valence-corrected chi connectivity index (χ3v) is 5.68. The quantitative estimate of drug-likeness (QED) is 0.470. The molecule has 2 aromatic carbocycles. The van der Waals surface area contributed by atoms with E-state index in [4.69, 9.17) is 0 Å². The lowest BCUT2D eigenvalue weighted by Gasteiger charge is -2.29. The van der Waals surface area contributed by atoms with Crippen LogP contribution >= 0.6 is 0 Å². The number of amides is 4. The Labute approximate surface area is 194 Å². The zero-order chi connectivity index (χ0) is 25.4. The molecule has 0 radical (unpaired) electrons. The molecule has 1 unspecified atom stereocenters. The molecule has 0 spiro atoms. The summed E-state index contributed by atoms with van der Waals surface area (Å²) < 4.78 is 57.7. The fraction of sp³-hybridized carbons (Fsp3) is 0.273. The van der Waals surface area contributed by atoms with Gasteiger partial charge in [0.05, 0.1) is 18.8 Å². The minimum atomic E-state index is -3.35. The highest BCUT2D eigenvalue weighted by molar-refractivity contribution is 6.05. The molecule has 2 heterocycles. The van der Waals surface area contributed by atoms with Crippen molar-refractivity contribution in [2.24, 2.45) is 0 Å². The number of nitrogens with zero attached hydrogens (tertiary/aromatic N) is 2. The van der Waals surface area contributed by atoms with Crippen LogP contribution in [0.2, 0.25) is 0 Å². The van der Waals surface area contributed by atoms with Crippen LogP contribution in [0.15, 0.2) is 30.3 Å². The van der Waals surface area contributed by atoms with E-state index in [0.29, 0.717) is 4.90 Å². The van der Waals surface area contributed by atoms with Gasteiger partial charge in [0.2, 0.25) is 11.8 Å². The van der Waals surface area contributed by atoms with E-state index in [2.05, 4.69) is 10.1 Å². The fourth-order valence-corrected chi connectivity index (χ4v) is 4.06. The van der Waals surface area contributed by atoms with Gasteiger partial charge in [-0.1, -0.05) is 0 Å². The first kappa shape index (κ1) is 24.0. The maximum absolute atomic E-state index is 14.9. The van der Waals surface area contributed by atoms with Crippen LogP contribution in [0, 0.1) is 11.6 Å². The van der Waals surface area contributed by atoms with Crippen molar-refractivity contribution in [3.63, 3.8) is 0 Å². The number of fused-ring (bicyclic) bond motifs is 1. The van der Waals surface area contributed by atoms with Gasteiger partial charge in [0, 0.05) is 23.6 Å². The van der Waals surface area contributed by atoms with Crippen LogP contribution < -0.4 is 15.0 Å². The Kier molecular flexibility index (Phi) is 6.33. The summed E-state index contributed by atoms with van der Waals surface area (Å²) in [5.74, 6) is -4.63. The van der Waals surface area contributed by atoms with Crippen LogP contribution in [0.25, 0.3) is 0 Å². The van der Waals surface area contributed by atoms with Crippen LogP contribution in [0.1, 0.15) is 34.3 Å². The molecule has 0 bridgehead atoms. The number of imide groups is 1. The highest BCUT2D eigenvalue weighted by atomic mass is 19.3. The summed E-state index contributed by atoms with van der Waals surface area (Å²) >= 11 is 0. The number of piperidine rings is 1. The number of carboxylic acid groups (broad SMARTS) is 1. The van der Waals surface area contributed by atoms with Gasteiger partial charge in [-0.3, -0.25) is 24.6 Å². The molecule has 0 saturated carbocycles. The average Bonchev–Trinajstić information content (AvgIpc) is 3.10. The standard InChI is InChI=1S/C22H17F4N3O6/c23-14-2-1-11(7-17(14)35-21(25)26)28(22(33)34)8-10-5-12-13(15(24)6-10)9-29(20(12)32)16-3-4-18(30)27-19(16)31/h1-2,5-7,16,21H,3-4,8-9H2,(H,33,34)(H,27,30,31). The molecule has 0 aliphatic carbocycles. The van der Waals surface area contributed by atoms with E-state index in [1.807, 2.05) is 0 Å². The number of hydrogen-bond acceptors (Lipinski definition) is 5.